The highest BCUT2D eigenvalue weighted by atomic mass is 32.2. The minimum absolute atomic E-state index is 0.779. The van der Waals surface area contributed by atoms with Crippen molar-refractivity contribution < 1.29 is 0 Å². The predicted octanol–water partition coefficient (Wildman–Crippen LogP) is 2.89. The molecule has 0 aliphatic heterocycles. The number of benzene rings is 1. The largest absolute Gasteiger partial charge is 0.399 e. The SMILES string of the molecule is CSCCCn1ccnc1-c1cccc(N)c1. The molecule has 4 heteroatoms. The van der Waals surface area contributed by atoms with Crippen LogP contribution in [0, 0.1) is 0 Å². The second-order valence-corrected chi connectivity index (χ2v) is 4.90. The van der Waals surface area contributed by atoms with Crippen LogP contribution in [0.15, 0.2) is 36.7 Å². The minimum atomic E-state index is 0.779. The van der Waals surface area contributed by atoms with Crippen molar-refractivity contribution >= 4 is 17.4 Å². The molecule has 0 radical (unpaired) electrons. The van der Waals surface area contributed by atoms with Gasteiger partial charge in [-0.1, -0.05) is 12.1 Å². The van der Waals surface area contributed by atoms with E-state index in [0.717, 1.165) is 30.0 Å². The lowest BCUT2D eigenvalue weighted by Crippen LogP contribution is -2.00. The van der Waals surface area contributed by atoms with Gasteiger partial charge in [0.25, 0.3) is 0 Å². The summed E-state index contributed by atoms with van der Waals surface area (Å²) in [5.41, 5.74) is 7.66. The van der Waals surface area contributed by atoms with Crippen LogP contribution < -0.4 is 5.73 Å². The quantitative estimate of drug-likeness (QED) is 0.652. The van der Waals surface area contributed by atoms with Crippen molar-refractivity contribution in [2.45, 2.75) is 13.0 Å². The van der Waals surface area contributed by atoms with E-state index in [9.17, 15) is 0 Å². The molecule has 2 N–H and O–H groups in total. The van der Waals surface area contributed by atoms with Gasteiger partial charge < -0.3 is 10.3 Å². The standard InChI is InChI=1S/C13H17N3S/c1-17-9-3-7-16-8-6-15-13(16)11-4-2-5-12(14)10-11/h2,4-6,8,10H,3,7,9,14H2,1H3. The first-order valence-electron chi connectivity index (χ1n) is 5.67. The lowest BCUT2D eigenvalue weighted by molar-refractivity contribution is 0.691. The van der Waals surface area contributed by atoms with Gasteiger partial charge in [0.15, 0.2) is 0 Å². The van der Waals surface area contributed by atoms with Crippen LogP contribution >= 0.6 is 11.8 Å². The first kappa shape index (κ1) is 12.0. The van der Waals surface area contributed by atoms with Crippen molar-refractivity contribution in [1.82, 2.24) is 9.55 Å². The summed E-state index contributed by atoms with van der Waals surface area (Å²) in [7, 11) is 0. The van der Waals surface area contributed by atoms with Gasteiger partial charge in [-0.05, 0) is 30.6 Å². The second kappa shape index (κ2) is 5.77. The fourth-order valence-electron chi connectivity index (χ4n) is 1.81. The van der Waals surface area contributed by atoms with E-state index in [1.54, 1.807) is 0 Å². The number of rotatable bonds is 5. The average molecular weight is 247 g/mol. The number of hydrogen-bond donors (Lipinski definition) is 1. The number of thioether (sulfide) groups is 1. The van der Waals surface area contributed by atoms with Crippen molar-refractivity contribution in [2.24, 2.45) is 0 Å². The van der Waals surface area contributed by atoms with Crippen molar-refractivity contribution in [3.63, 3.8) is 0 Å². The molecule has 0 atom stereocenters. The zero-order chi connectivity index (χ0) is 12.1. The van der Waals surface area contributed by atoms with Crippen molar-refractivity contribution in [2.75, 3.05) is 17.7 Å². The van der Waals surface area contributed by atoms with Crippen LogP contribution in [0.4, 0.5) is 5.69 Å². The van der Waals surface area contributed by atoms with E-state index in [-0.39, 0.29) is 0 Å². The van der Waals surface area contributed by atoms with E-state index in [1.165, 1.54) is 5.75 Å². The smallest absolute Gasteiger partial charge is 0.139 e. The van der Waals surface area contributed by atoms with Gasteiger partial charge in [-0.15, -0.1) is 0 Å². The molecule has 1 aromatic heterocycles. The van der Waals surface area contributed by atoms with Crippen molar-refractivity contribution in [1.29, 1.82) is 0 Å². The molecule has 0 saturated heterocycles. The van der Waals surface area contributed by atoms with Crippen LogP contribution in [0.3, 0.4) is 0 Å². The van der Waals surface area contributed by atoms with Gasteiger partial charge in [0.2, 0.25) is 0 Å². The Kier molecular flexibility index (Phi) is 4.09. The molecular weight excluding hydrogens is 230 g/mol. The summed E-state index contributed by atoms with van der Waals surface area (Å²) in [4.78, 5) is 4.41. The van der Waals surface area contributed by atoms with E-state index in [1.807, 2.05) is 48.4 Å². The molecular formula is C13H17N3S. The molecule has 3 nitrogen and oxygen atoms in total. The summed E-state index contributed by atoms with van der Waals surface area (Å²) in [5, 5.41) is 0. The van der Waals surface area contributed by atoms with Crippen molar-refractivity contribution in [3.8, 4) is 11.4 Å². The molecule has 1 aromatic carbocycles. The molecule has 0 saturated carbocycles. The van der Waals surface area contributed by atoms with Gasteiger partial charge in [-0.2, -0.15) is 11.8 Å². The van der Waals surface area contributed by atoms with Gasteiger partial charge >= 0.3 is 0 Å². The number of nitrogen functional groups attached to an aromatic ring is 1. The van der Waals surface area contributed by atoms with Crippen LogP contribution in [-0.4, -0.2) is 21.6 Å². The molecule has 2 rings (SSSR count). The maximum Gasteiger partial charge on any atom is 0.139 e. The van der Waals surface area contributed by atoms with Gasteiger partial charge in [0.05, 0.1) is 0 Å². The van der Waals surface area contributed by atoms with Crippen LogP contribution in [0.2, 0.25) is 0 Å². The summed E-state index contributed by atoms with van der Waals surface area (Å²) in [6.45, 7) is 1.00. The molecule has 0 spiro atoms. The number of aromatic nitrogens is 2. The van der Waals surface area contributed by atoms with Crippen LogP contribution in [-0.2, 0) is 6.54 Å². The first-order chi connectivity index (χ1) is 8.31. The van der Waals surface area contributed by atoms with Crippen LogP contribution in [0.5, 0.6) is 0 Å². The number of nitrogens with two attached hydrogens (primary N) is 1. The van der Waals surface area contributed by atoms with Crippen LogP contribution in [0.1, 0.15) is 6.42 Å². The Morgan fingerprint density at radius 2 is 2.29 bits per heavy atom. The summed E-state index contributed by atoms with van der Waals surface area (Å²) >= 11 is 1.87. The first-order valence-corrected chi connectivity index (χ1v) is 7.06. The average Bonchev–Trinajstić information content (AvgIpc) is 2.78. The third kappa shape index (κ3) is 3.03. The third-order valence-electron chi connectivity index (χ3n) is 2.61. The lowest BCUT2D eigenvalue weighted by Gasteiger charge is -2.07. The summed E-state index contributed by atoms with van der Waals surface area (Å²) in [5.74, 6) is 2.17. The maximum absolute atomic E-state index is 5.80. The molecule has 2 aromatic rings. The lowest BCUT2D eigenvalue weighted by atomic mass is 10.2. The monoisotopic (exact) mass is 247 g/mol. The second-order valence-electron chi connectivity index (χ2n) is 3.92. The van der Waals surface area contributed by atoms with Gasteiger partial charge in [0, 0.05) is 30.2 Å². The molecule has 0 unspecified atom stereocenters. The van der Waals surface area contributed by atoms with Gasteiger partial charge in [-0.25, -0.2) is 4.98 Å². The maximum atomic E-state index is 5.80. The Hall–Kier alpha value is -1.42. The van der Waals surface area contributed by atoms with Gasteiger partial charge in [0.1, 0.15) is 5.82 Å². The highest BCUT2D eigenvalue weighted by Gasteiger charge is 2.05. The van der Waals surface area contributed by atoms with Gasteiger partial charge in [-0.3, -0.25) is 0 Å². The van der Waals surface area contributed by atoms with E-state index in [0.29, 0.717) is 0 Å². The minimum Gasteiger partial charge on any atom is -0.399 e. The fourth-order valence-corrected chi connectivity index (χ4v) is 2.22. The zero-order valence-corrected chi connectivity index (χ0v) is 10.8. The number of nitrogens with zero attached hydrogens (tertiary/aromatic N) is 2. The van der Waals surface area contributed by atoms with E-state index in [2.05, 4.69) is 15.8 Å². The zero-order valence-electron chi connectivity index (χ0n) is 9.97. The fraction of sp³-hybridized carbons (Fsp3) is 0.308. The summed E-state index contributed by atoms with van der Waals surface area (Å²) < 4.78 is 2.19. The molecule has 0 aliphatic rings. The predicted molar refractivity (Wildman–Crippen MR) is 75.1 cm³/mol. The highest BCUT2D eigenvalue weighted by Crippen LogP contribution is 2.20. The van der Waals surface area contributed by atoms with E-state index >= 15 is 0 Å². The Morgan fingerprint density at radius 1 is 1.41 bits per heavy atom. The van der Waals surface area contributed by atoms with E-state index in [4.69, 9.17) is 5.73 Å². The molecule has 90 valence electrons. The molecule has 1 heterocycles. The molecule has 17 heavy (non-hydrogen) atoms. The Bertz CT molecular complexity index is 479. The highest BCUT2D eigenvalue weighted by molar-refractivity contribution is 7.98. The number of hydrogen-bond acceptors (Lipinski definition) is 3. The number of aryl methyl sites for hydroxylation is 1. The molecule has 0 amide bonds. The van der Waals surface area contributed by atoms with Crippen LogP contribution in [0.25, 0.3) is 11.4 Å². The Morgan fingerprint density at radius 3 is 3.06 bits per heavy atom. The summed E-state index contributed by atoms with van der Waals surface area (Å²) in [6.07, 6.45) is 7.16. The molecule has 0 fully saturated rings. The molecule has 0 aliphatic carbocycles. The molecule has 0 bridgehead atoms. The summed E-state index contributed by atoms with van der Waals surface area (Å²) in [6, 6.07) is 7.87. The Labute approximate surface area is 106 Å². The third-order valence-corrected chi connectivity index (χ3v) is 3.30. The Balaban J connectivity index is 2.18. The number of anilines is 1. The van der Waals surface area contributed by atoms with E-state index < -0.39 is 0 Å². The topological polar surface area (TPSA) is 43.8 Å². The van der Waals surface area contributed by atoms with Crippen molar-refractivity contribution in [3.05, 3.63) is 36.7 Å². The number of imidazole rings is 1. The normalized spacial score (nSPS) is 10.6.